The molecule has 1 atom stereocenters. The maximum Gasteiger partial charge on any atom is 0.416 e. The van der Waals surface area contributed by atoms with Gasteiger partial charge in [0.1, 0.15) is 6.04 Å². The molecular weight excluding hydrogens is 331 g/mol. The molecule has 0 heterocycles. The number of halogens is 4. The van der Waals surface area contributed by atoms with Crippen molar-refractivity contribution in [2.45, 2.75) is 24.0 Å². The number of hydrogen-bond acceptors (Lipinski definition) is 3. The van der Waals surface area contributed by atoms with Crippen LogP contribution in [0.5, 0.6) is 0 Å². The number of hydrogen-bond donors (Lipinski definition) is 2. The van der Waals surface area contributed by atoms with Gasteiger partial charge < -0.3 is 10.4 Å². The van der Waals surface area contributed by atoms with E-state index in [1.165, 1.54) is 0 Å². The Morgan fingerprint density at radius 3 is 2.52 bits per heavy atom. The Bertz CT molecular complexity index is 551. The molecule has 4 nitrogen and oxygen atoms in total. The lowest BCUT2D eigenvalue weighted by atomic mass is 10.2. The van der Waals surface area contributed by atoms with Gasteiger partial charge in [-0.15, -0.1) is 11.8 Å². The number of amides is 1. The first-order chi connectivity index (χ1) is 9.61. The van der Waals surface area contributed by atoms with Crippen molar-refractivity contribution in [1.82, 2.24) is 5.32 Å². The summed E-state index contributed by atoms with van der Waals surface area (Å²) in [5.74, 6) is -1.96. The molecule has 0 aliphatic heterocycles. The maximum atomic E-state index is 12.6. The zero-order valence-electron chi connectivity index (χ0n) is 10.7. The van der Waals surface area contributed by atoms with Gasteiger partial charge >= 0.3 is 12.1 Å². The second-order valence-electron chi connectivity index (χ2n) is 4.05. The molecule has 116 valence electrons. The van der Waals surface area contributed by atoms with Crippen molar-refractivity contribution in [2.75, 3.05) is 5.75 Å². The molecule has 0 bridgehead atoms. The summed E-state index contributed by atoms with van der Waals surface area (Å²) in [5.41, 5.74) is -0.874. The first kappa shape index (κ1) is 17.6. The van der Waals surface area contributed by atoms with Crippen LogP contribution in [-0.2, 0) is 15.8 Å². The Morgan fingerprint density at radius 1 is 1.43 bits per heavy atom. The van der Waals surface area contributed by atoms with Crippen LogP contribution in [0.15, 0.2) is 23.1 Å². The van der Waals surface area contributed by atoms with E-state index < -0.39 is 29.7 Å². The lowest BCUT2D eigenvalue weighted by Gasteiger charge is -2.14. The molecule has 1 aromatic carbocycles. The highest BCUT2D eigenvalue weighted by Crippen LogP contribution is 2.35. The van der Waals surface area contributed by atoms with Gasteiger partial charge in [0.15, 0.2) is 0 Å². The molecule has 0 saturated carbocycles. The Hall–Kier alpha value is -1.41. The highest BCUT2D eigenvalue weighted by atomic mass is 35.5. The number of nitrogens with one attached hydrogen (secondary N) is 1. The number of benzene rings is 1. The van der Waals surface area contributed by atoms with E-state index >= 15 is 0 Å². The summed E-state index contributed by atoms with van der Waals surface area (Å²) >= 11 is 6.62. The number of carboxylic acid groups (broad SMARTS) is 1. The van der Waals surface area contributed by atoms with Gasteiger partial charge in [-0.25, -0.2) is 4.79 Å². The number of carboxylic acids is 1. The average Bonchev–Trinajstić information content (AvgIpc) is 2.33. The Kier molecular flexibility index (Phi) is 5.91. The van der Waals surface area contributed by atoms with Crippen LogP contribution >= 0.6 is 23.4 Å². The van der Waals surface area contributed by atoms with E-state index in [0.29, 0.717) is 0 Å². The van der Waals surface area contributed by atoms with Crippen LogP contribution < -0.4 is 5.32 Å². The van der Waals surface area contributed by atoms with Crippen LogP contribution in [0.1, 0.15) is 12.5 Å². The lowest BCUT2D eigenvalue weighted by Crippen LogP contribution is -2.41. The minimum atomic E-state index is -4.51. The Balaban J connectivity index is 2.87. The van der Waals surface area contributed by atoms with Gasteiger partial charge in [-0.05, 0) is 18.2 Å². The molecule has 21 heavy (non-hydrogen) atoms. The summed E-state index contributed by atoms with van der Waals surface area (Å²) in [6.45, 7) is 1.15. The Morgan fingerprint density at radius 2 is 2.05 bits per heavy atom. The van der Waals surface area contributed by atoms with Crippen molar-refractivity contribution in [3.8, 4) is 0 Å². The molecule has 0 fully saturated rings. The molecule has 0 spiro atoms. The van der Waals surface area contributed by atoms with E-state index in [9.17, 15) is 22.8 Å². The third-order valence-electron chi connectivity index (χ3n) is 2.34. The largest absolute Gasteiger partial charge is 0.480 e. The fourth-order valence-electron chi connectivity index (χ4n) is 1.38. The summed E-state index contributed by atoms with van der Waals surface area (Å²) in [7, 11) is 0. The molecule has 0 saturated heterocycles. The Labute approximate surface area is 127 Å². The van der Waals surface area contributed by atoms with E-state index in [1.54, 1.807) is 0 Å². The van der Waals surface area contributed by atoms with Crippen molar-refractivity contribution >= 4 is 35.2 Å². The normalized spacial score (nSPS) is 12.8. The van der Waals surface area contributed by atoms with E-state index in [2.05, 4.69) is 5.32 Å². The molecule has 9 heteroatoms. The second-order valence-corrected chi connectivity index (χ2v) is 5.51. The fourth-order valence-corrected chi connectivity index (χ4v) is 2.65. The predicted octanol–water partition coefficient (Wildman–Crippen LogP) is 3.04. The van der Waals surface area contributed by atoms with Crippen molar-refractivity contribution in [2.24, 2.45) is 0 Å². The standard InChI is InChI=1S/C12H11ClF3NO3S/c1-6(18)17-9(11(19)20)5-21-10-4-7(12(14,15)16)2-3-8(10)13/h2-4,9H,5H2,1H3,(H,17,18)(H,19,20)/t9-/m0/s1. The summed E-state index contributed by atoms with van der Waals surface area (Å²) in [5, 5.41) is 11.2. The smallest absolute Gasteiger partial charge is 0.416 e. The van der Waals surface area contributed by atoms with Crippen LogP contribution in [-0.4, -0.2) is 28.8 Å². The van der Waals surface area contributed by atoms with Crippen molar-refractivity contribution in [1.29, 1.82) is 0 Å². The average molecular weight is 342 g/mol. The number of thioether (sulfide) groups is 1. The highest BCUT2D eigenvalue weighted by molar-refractivity contribution is 7.99. The van der Waals surface area contributed by atoms with Gasteiger partial charge in [0.25, 0.3) is 0 Å². The topological polar surface area (TPSA) is 66.4 Å². The molecule has 1 rings (SSSR count). The van der Waals surface area contributed by atoms with E-state index in [4.69, 9.17) is 16.7 Å². The SMILES string of the molecule is CC(=O)N[C@@H](CSc1cc(C(F)(F)F)ccc1Cl)C(=O)O. The molecule has 1 amide bonds. The predicted molar refractivity (Wildman–Crippen MR) is 72.4 cm³/mol. The summed E-state index contributed by atoms with van der Waals surface area (Å²) in [6, 6.07) is 1.58. The van der Waals surface area contributed by atoms with Gasteiger partial charge in [-0.2, -0.15) is 13.2 Å². The van der Waals surface area contributed by atoms with Gasteiger partial charge in [-0.3, -0.25) is 4.79 Å². The lowest BCUT2D eigenvalue weighted by molar-refractivity contribution is -0.140. The van der Waals surface area contributed by atoms with E-state index in [1.807, 2.05) is 0 Å². The summed E-state index contributed by atoms with van der Waals surface area (Å²) < 4.78 is 37.8. The van der Waals surface area contributed by atoms with Gasteiger partial charge in [0.2, 0.25) is 5.91 Å². The number of carbonyl (C=O) groups excluding carboxylic acids is 1. The molecular formula is C12H11ClF3NO3S. The molecule has 0 aliphatic rings. The quantitative estimate of drug-likeness (QED) is 0.808. The van der Waals surface area contributed by atoms with Crippen molar-refractivity contribution < 1.29 is 27.9 Å². The van der Waals surface area contributed by atoms with Crippen molar-refractivity contribution in [3.63, 3.8) is 0 Å². The summed E-state index contributed by atoms with van der Waals surface area (Å²) in [4.78, 5) is 21.9. The second kappa shape index (κ2) is 7.04. The zero-order valence-corrected chi connectivity index (χ0v) is 12.3. The maximum absolute atomic E-state index is 12.6. The molecule has 0 radical (unpaired) electrons. The fraction of sp³-hybridized carbons (Fsp3) is 0.333. The number of alkyl halides is 3. The number of carbonyl (C=O) groups is 2. The number of rotatable bonds is 5. The summed E-state index contributed by atoms with van der Waals surface area (Å²) in [6.07, 6.45) is -4.51. The molecule has 0 aliphatic carbocycles. The van der Waals surface area contributed by atoms with Crippen LogP contribution in [0, 0.1) is 0 Å². The van der Waals surface area contributed by atoms with Crippen LogP contribution in [0.2, 0.25) is 5.02 Å². The zero-order chi connectivity index (χ0) is 16.2. The van der Waals surface area contributed by atoms with Crippen LogP contribution in [0.4, 0.5) is 13.2 Å². The highest BCUT2D eigenvalue weighted by Gasteiger charge is 2.31. The minimum absolute atomic E-state index is 0.0833. The van der Waals surface area contributed by atoms with Crippen molar-refractivity contribution in [3.05, 3.63) is 28.8 Å². The number of aliphatic carboxylic acids is 1. The third kappa shape index (κ3) is 5.47. The van der Waals surface area contributed by atoms with E-state index in [-0.39, 0.29) is 15.7 Å². The molecule has 0 aromatic heterocycles. The minimum Gasteiger partial charge on any atom is -0.480 e. The first-order valence-electron chi connectivity index (χ1n) is 5.60. The third-order valence-corrected chi connectivity index (χ3v) is 3.93. The van der Waals surface area contributed by atoms with Gasteiger partial charge in [0, 0.05) is 17.6 Å². The van der Waals surface area contributed by atoms with Gasteiger partial charge in [0.05, 0.1) is 10.6 Å². The molecule has 2 N–H and O–H groups in total. The van der Waals surface area contributed by atoms with Crippen LogP contribution in [0.25, 0.3) is 0 Å². The molecule has 1 aromatic rings. The van der Waals surface area contributed by atoms with Gasteiger partial charge in [-0.1, -0.05) is 11.6 Å². The van der Waals surface area contributed by atoms with Crippen LogP contribution in [0.3, 0.4) is 0 Å². The van der Waals surface area contributed by atoms with E-state index in [0.717, 1.165) is 36.9 Å². The molecule has 0 unspecified atom stereocenters. The monoisotopic (exact) mass is 341 g/mol. The first-order valence-corrected chi connectivity index (χ1v) is 6.97.